The lowest BCUT2D eigenvalue weighted by Crippen LogP contribution is -2.15. The van der Waals surface area contributed by atoms with E-state index in [0.29, 0.717) is 6.54 Å². The van der Waals surface area contributed by atoms with E-state index in [0.717, 1.165) is 0 Å². The third-order valence-electron chi connectivity index (χ3n) is 2.50. The van der Waals surface area contributed by atoms with Crippen LogP contribution in [0.15, 0.2) is 29.2 Å². The van der Waals surface area contributed by atoms with Crippen LogP contribution in [-0.4, -0.2) is 36.1 Å². The van der Waals surface area contributed by atoms with Crippen molar-refractivity contribution in [1.29, 1.82) is 0 Å². The molecule has 1 fully saturated rings. The van der Waals surface area contributed by atoms with E-state index < -0.39 is 14.9 Å². The van der Waals surface area contributed by atoms with Crippen LogP contribution in [0.3, 0.4) is 0 Å². The first-order valence-corrected chi connectivity index (χ1v) is 6.76. The van der Waals surface area contributed by atoms with Crippen molar-refractivity contribution in [3.63, 3.8) is 0 Å². The molecule has 0 amide bonds. The fraction of sp³-hybridized carbons (Fsp3) is 0.333. The fourth-order valence-electron chi connectivity index (χ4n) is 1.46. The van der Waals surface area contributed by atoms with Crippen LogP contribution >= 0.6 is 11.6 Å². The van der Waals surface area contributed by atoms with Gasteiger partial charge in [0.2, 0.25) is 10.0 Å². The highest BCUT2D eigenvalue weighted by Gasteiger charge is 2.43. The molecule has 0 bridgehead atoms. The monoisotopic (exact) mass is 276 g/mol. The first-order chi connectivity index (χ1) is 7.96. The summed E-state index contributed by atoms with van der Waals surface area (Å²) in [6.07, 6.45) is 0. The molecule has 0 spiro atoms. The third-order valence-corrected chi connectivity index (χ3v) is 4.79. The molecule has 0 N–H and O–H groups in total. The summed E-state index contributed by atoms with van der Waals surface area (Å²) in [6, 6.07) is 4.66. The lowest BCUT2D eigenvalue weighted by Gasteiger charge is -2.04. The van der Waals surface area contributed by atoms with E-state index in [2.05, 4.69) is 0 Å². The summed E-state index contributed by atoms with van der Waals surface area (Å²) in [5.74, 6) is 0.256. The largest absolute Gasteiger partial charge is 0.269 e. The van der Waals surface area contributed by atoms with Crippen molar-refractivity contribution in [2.75, 3.05) is 12.4 Å². The highest BCUT2D eigenvalue weighted by molar-refractivity contribution is 7.89. The molecule has 0 radical (unpaired) electrons. The van der Waals surface area contributed by atoms with Crippen molar-refractivity contribution in [3.8, 4) is 0 Å². The van der Waals surface area contributed by atoms with Crippen molar-refractivity contribution >= 4 is 27.3 Å². The summed E-state index contributed by atoms with van der Waals surface area (Å²) in [5, 5.41) is 10.4. The average molecular weight is 277 g/mol. The van der Waals surface area contributed by atoms with Crippen molar-refractivity contribution in [3.05, 3.63) is 34.4 Å². The Bertz CT molecular complexity index is 543. The van der Waals surface area contributed by atoms with Gasteiger partial charge in [0.15, 0.2) is 0 Å². The minimum absolute atomic E-state index is 0.0516. The Hall–Kier alpha value is -1.18. The number of halogens is 1. The Morgan fingerprint density at radius 2 is 2.00 bits per heavy atom. The maximum absolute atomic E-state index is 11.9. The lowest BCUT2D eigenvalue weighted by atomic mass is 10.3. The van der Waals surface area contributed by atoms with Crippen LogP contribution in [0.1, 0.15) is 0 Å². The number of rotatable bonds is 4. The SMILES string of the molecule is O=[N+]([O-])c1ccc(S(=O)(=O)N2C[C@H]2CCl)cc1. The topological polar surface area (TPSA) is 80.3 Å². The van der Waals surface area contributed by atoms with E-state index in [-0.39, 0.29) is 22.5 Å². The van der Waals surface area contributed by atoms with Crippen LogP contribution in [0.2, 0.25) is 0 Å². The number of benzene rings is 1. The summed E-state index contributed by atoms with van der Waals surface area (Å²) in [6.45, 7) is 0.406. The van der Waals surface area contributed by atoms with Gasteiger partial charge in [-0.3, -0.25) is 10.1 Å². The van der Waals surface area contributed by atoms with Gasteiger partial charge in [-0.15, -0.1) is 11.6 Å². The number of sulfonamides is 1. The Kier molecular flexibility index (Phi) is 3.07. The molecule has 8 heteroatoms. The predicted octanol–water partition coefficient (Wildman–Crippen LogP) is 1.21. The van der Waals surface area contributed by atoms with Crippen molar-refractivity contribution in [2.24, 2.45) is 0 Å². The highest BCUT2D eigenvalue weighted by Crippen LogP contribution is 2.29. The molecular weight excluding hydrogens is 268 g/mol. The van der Waals surface area contributed by atoms with Gasteiger partial charge in [0.1, 0.15) is 0 Å². The molecule has 1 aromatic carbocycles. The van der Waals surface area contributed by atoms with Crippen molar-refractivity contribution in [2.45, 2.75) is 10.9 Å². The van der Waals surface area contributed by atoms with Gasteiger partial charge in [-0.25, -0.2) is 8.42 Å². The van der Waals surface area contributed by atoms with Gasteiger partial charge in [0.05, 0.1) is 15.9 Å². The number of nitro groups is 1. The van der Waals surface area contributed by atoms with E-state index >= 15 is 0 Å². The van der Waals surface area contributed by atoms with Crippen molar-refractivity contribution in [1.82, 2.24) is 4.31 Å². The number of alkyl halides is 1. The number of nitro benzene ring substituents is 1. The molecule has 92 valence electrons. The van der Waals surface area contributed by atoms with E-state index in [4.69, 9.17) is 11.6 Å². The number of nitrogens with zero attached hydrogens (tertiary/aromatic N) is 2. The smallest absolute Gasteiger partial charge is 0.258 e. The van der Waals surface area contributed by atoms with E-state index in [1.807, 2.05) is 0 Å². The van der Waals surface area contributed by atoms with Crippen LogP contribution in [0, 0.1) is 10.1 Å². The van der Waals surface area contributed by atoms with Gasteiger partial charge in [0.25, 0.3) is 5.69 Å². The average Bonchev–Trinajstić information content (AvgIpc) is 3.09. The molecule has 1 heterocycles. The molecule has 1 aliphatic heterocycles. The van der Waals surface area contributed by atoms with Crippen molar-refractivity contribution < 1.29 is 13.3 Å². The van der Waals surface area contributed by atoms with Gasteiger partial charge in [-0.05, 0) is 12.1 Å². The molecule has 6 nitrogen and oxygen atoms in total. The molecule has 1 saturated heterocycles. The molecule has 0 saturated carbocycles. The van der Waals surface area contributed by atoms with Crippen LogP contribution in [0.25, 0.3) is 0 Å². The van der Waals surface area contributed by atoms with Crippen LogP contribution < -0.4 is 0 Å². The van der Waals surface area contributed by atoms with Crippen LogP contribution in [0.4, 0.5) is 5.69 Å². The van der Waals surface area contributed by atoms with Gasteiger partial charge >= 0.3 is 0 Å². The molecule has 2 rings (SSSR count). The van der Waals surface area contributed by atoms with Gasteiger partial charge in [0, 0.05) is 24.6 Å². The number of hydrogen-bond acceptors (Lipinski definition) is 4. The zero-order chi connectivity index (χ0) is 12.6. The quantitative estimate of drug-likeness (QED) is 0.358. The first-order valence-electron chi connectivity index (χ1n) is 4.79. The van der Waals surface area contributed by atoms with E-state index in [1.54, 1.807) is 0 Å². The maximum Gasteiger partial charge on any atom is 0.269 e. The molecule has 0 aliphatic carbocycles. The van der Waals surface area contributed by atoms with E-state index in [9.17, 15) is 18.5 Å². The molecule has 17 heavy (non-hydrogen) atoms. The van der Waals surface area contributed by atoms with Gasteiger partial charge in [-0.1, -0.05) is 0 Å². The minimum atomic E-state index is -3.54. The number of non-ortho nitro benzene ring substituents is 1. The second-order valence-corrected chi connectivity index (χ2v) is 5.83. The highest BCUT2D eigenvalue weighted by atomic mass is 35.5. The van der Waals surface area contributed by atoms with Gasteiger partial charge in [-0.2, -0.15) is 4.31 Å². The molecule has 1 aliphatic rings. The summed E-state index contributed by atoms with van der Waals surface area (Å²) in [5.41, 5.74) is -0.136. The molecular formula is C9H9ClN2O4S. The second kappa shape index (κ2) is 4.25. The first kappa shape index (κ1) is 12.3. The molecule has 1 unspecified atom stereocenters. The Labute approximate surface area is 103 Å². The lowest BCUT2D eigenvalue weighted by molar-refractivity contribution is -0.384. The number of hydrogen-bond donors (Lipinski definition) is 0. The molecule has 1 aromatic rings. The summed E-state index contributed by atoms with van der Waals surface area (Å²) < 4.78 is 25.1. The van der Waals surface area contributed by atoms with E-state index in [1.165, 1.54) is 28.6 Å². The predicted molar refractivity (Wildman–Crippen MR) is 61.5 cm³/mol. The summed E-state index contributed by atoms with van der Waals surface area (Å²) in [7, 11) is -3.54. The minimum Gasteiger partial charge on any atom is -0.258 e. The molecule has 2 atom stereocenters. The molecule has 0 aromatic heterocycles. The third kappa shape index (κ3) is 2.26. The summed E-state index contributed by atoms with van der Waals surface area (Å²) in [4.78, 5) is 9.91. The fourth-order valence-corrected chi connectivity index (χ4v) is 3.39. The Morgan fingerprint density at radius 1 is 1.41 bits per heavy atom. The summed E-state index contributed by atoms with van der Waals surface area (Å²) >= 11 is 5.56. The normalized spacial score (nSPS) is 23.4. The van der Waals surface area contributed by atoms with Gasteiger partial charge < -0.3 is 0 Å². The Balaban J connectivity index is 2.26. The maximum atomic E-state index is 11.9. The Morgan fingerprint density at radius 3 is 2.41 bits per heavy atom. The van der Waals surface area contributed by atoms with Crippen LogP contribution in [0.5, 0.6) is 0 Å². The zero-order valence-corrected chi connectivity index (χ0v) is 10.2. The zero-order valence-electron chi connectivity index (χ0n) is 8.61. The second-order valence-electron chi connectivity index (χ2n) is 3.63. The van der Waals surface area contributed by atoms with Crippen LogP contribution in [-0.2, 0) is 10.0 Å². The standard InChI is InChI=1S/C9H9ClN2O4S/c10-5-8-6-11(8)17(15,16)9-3-1-7(2-4-9)12(13)14/h1-4,8H,5-6H2/t8-,11?/m1/s1.